The van der Waals surface area contributed by atoms with Crippen LogP contribution in [0.15, 0.2) is 36.5 Å². The lowest BCUT2D eigenvalue weighted by Gasteiger charge is -2.12. The number of benzene rings is 1. The molecule has 0 unspecified atom stereocenters. The van der Waals surface area contributed by atoms with E-state index in [1.54, 1.807) is 12.1 Å². The first-order chi connectivity index (χ1) is 10.8. The van der Waals surface area contributed by atoms with Crippen LogP contribution < -0.4 is 14.8 Å². The molecule has 0 spiro atoms. The van der Waals surface area contributed by atoms with E-state index in [9.17, 15) is 13.2 Å². The van der Waals surface area contributed by atoms with Crippen molar-refractivity contribution in [3.05, 3.63) is 47.2 Å². The first-order valence-corrected chi connectivity index (χ1v) is 8.64. The molecule has 9 heteroatoms. The summed E-state index contributed by atoms with van der Waals surface area (Å²) in [6.45, 7) is 0. The highest BCUT2D eigenvalue weighted by molar-refractivity contribution is 7.92. The van der Waals surface area contributed by atoms with Crippen LogP contribution in [0.5, 0.6) is 5.75 Å². The number of sulfonamides is 1. The average Bonchev–Trinajstić information content (AvgIpc) is 2.47. The van der Waals surface area contributed by atoms with E-state index >= 15 is 0 Å². The summed E-state index contributed by atoms with van der Waals surface area (Å²) in [6.07, 6.45) is 2.46. The quantitative estimate of drug-likeness (QED) is 0.858. The second kappa shape index (κ2) is 6.84. The van der Waals surface area contributed by atoms with E-state index in [2.05, 4.69) is 15.0 Å². The predicted octanol–water partition coefficient (Wildman–Crippen LogP) is 2.37. The Kier molecular flexibility index (Phi) is 5.07. The molecular weight excluding hydrogens is 342 g/mol. The molecule has 122 valence electrons. The molecule has 0 aliphatic carbocycles. The highest BCUT2D eigenvalue weighted by atomic mass is 35.5. The van der Waals surface area contributed by atoms with E-state index in [4.69, 9.17) is 16.3 Å². The third kappa shape index (κ3) is 4.83. The van der Waals surface area contributed by atoms with Gasteiger partial charge >= 0.3 is 0 Å². The molecule has 23 heavy (non-hydrogen) atoms. The molecular formula is C14H14ClN3O4S. The van der Waals surface area contributed by atoms with Crippen LogP contribution in [0.3, 0.4) is 0 Å². The number of halogens is 1. The fraction of sp³-hybridized carbons (Fsp3) is 0.143. The minimum atomic E-state index is -3.44. The molecule has 2 aromatic rings. The Hall–Kier alpha value is -2.32. The average molecular weight is 356 g/mol. The van der Waals surface area contributed by atoms with Gasteiger partial charge in [0.25, 0.3) is 5.91 Å². The van der Waals surface area contributed by atoms with Gasteiger partial charge in [0.05, 0.1) is 19.1 Å². The van der Waals surface area contributed by atoms with Crippen molar-refractivity contribution in [2.24, 2.45) is 0 Å². The third-order valence-electron chi connectivity index (χ3n) is 2.71. The van der Waals surface area contributed by atoms with Crippen LogP contribution >= 0.6 is 11.6 Å². The number of hydrogen-bond acceptors (Lipinski definition) is 5. The maximum absolute atomic E-state index is 12.1. The summed E-state index contributed by atoms with van der Waals surface area (Å²) in [6, 6.07) is 7.52. The summed E-state index contributed by atoms with van der Waals surface area (Å²) in [5.41, 5.74) is 0.858. The minimum absolute atomic E-state index is 0.162. The lowest BCUT2D eigenvalue weighted by molar-refractivity contribution is 0.102. The van der Waals surface area contributed by atoms with E-state index in [0.717, 1.165) is 6.26 Å². The largest absolute Gasteiger partial charge is 0.494 e. The molecule has 0 saturated carbocycles. The number of pyridine rings is 1. The van der Waals surface area contributed by atoms with Crippen molar-refractivity contribution in [2.45, 2.75) is 0 Å². The zero-order chi connectivity index (χ0) is 17.0. The Bertz CT molecular complexity index is 840. The van der Waals surface area contributed by atoms with Gasteiger partial charge in [0.15, 0.2) is 0 Å². The topological polar surface area (TPSA) is 97.4 Å². The number of carbonyl (C=O) groups excluding carboxylic acids is 1. The number of hydrogen-bond donors (Lipinski definition) is 2. The molecule has 0 radical (unpaired) electrons. The molecule has 1 aromatic carbocycles. The van der Waals surface area contributed by atoms with Crippen molar-refractivity contribution in [1.82, 2.24) is 4.98 Å². The Morgan fingerprint density at radius 2 is 2.00 bits per heavy atom. The fourth-order valence-electron chi connectivity index (χ4n) is 1.78. The smallest absolute Gasteiger partial charge is 0.274 e. The monoisotopic (exact) mass is 355 g/mol. The van der Waals surface area contributed by atoms with Gasteiger partial charge in [-0.1, -0.05) is 11.6 Å². The first kappa shape index (κ1) is 17.0. The van der Waals surface area contributed by atoms with Gasteiger partial charge in [0.1, 0.15) is 11.4 Å². The van der Waals surface area contributed by atoms with Gasteiger partial charge < -0.3 is 10.1 Å². The SMILES string of the molecule is COc1cc(NC(=O)c2cc(Cl)ccn2)ccc1NS(C)(=O)=O. The van der Waals surface area contributed by atoms with E-state index in [1.165, 1.54) is 31.5 Å². The Morgan fingerprint density at radius 3 is 2.61 bits per heavy atom. The maximum Gasteiger partial charge on any atom is 0.274 e. The fourth-order valence-corrected chi connectivity index (χ4v) is 2.50. The van der Waals surface area contributed by atoms with Crippen LogP contribution in [0.4, 0.5) is 11.4 Å². The van der Waals surface area contributed by atoms with Gasteiger partial charge in [-0.2, -0.15) is 0 Å². The minimum Gasteiger partial charge on any atom is -0.494 e. The van der Waals surface area contributed by atoms with Crippen molar-refractivity contribution in [3.8, 4) is 5.75 Å². The Morgan fingerprint density at radius 1 is 1.26 bits per heavy atom. The number of nitrogens with zero attached hydrogens (tertiary/aromatic N) is 1. The number of aromatic nitrogens is 1. The zero-order valence-corrected chi connectivity index (χ0v) is 13.9. The van der Waals surface area contributed by atoms with Crippen molar-refractivity contribution in [3.63, 3.8) is 0 Å². The maximum atomic E-state index is 12.1. The number of carbonyl (C=O) groups is 1. The summed E-state index contributed by atoms with van der Waals surface area (Å²) in [7, 11) is -2.04. The van der Waals surface area contributed by atoms with E-state index in [0.29, 0.717) is 10.7 Å². The van der Waals surface area contributed by atoms with E-state index in [1.807, 2.05) is 0 Å². The number of ether oxygens (including phenoxy) is 1. The first-order valence-electron chi connectivity index (χ1n) is 6.37. The molecule has 2 rings (SSSR count). The van der Waals surface area contributed by atoms with Crippen LogP contribution in [0.1, 0.15) is 10.5 Å². The lowest BCUT2D eigenvalue weighted by atomic mass is 10.2. The standard InChI is InChI=1S/C14H14ClN3O4S/c1-22-13-8-10(3-4-11(13)18-23(2,20)21)17-14(19)12-7-9(15)5-6-16-12/h3-8,18H,1-2H3,(H,17,19). The molecule has 0 bridgehead atoms. The molecule has 2 N–H and O–H groups in total. The van der Waals surface area contributed by atoms with Crippen LogP contribution in [0.2, 0.25) is 5.02 Å². The molecule has 0 aliphatic heterocycles. The van der Waals surface area contributed by atoms with Crippen LogP contribution in [0.25, 0.3) is 0 Å². The van der Waals surface area contributed by atoms with E-state index in [-0.39, 0.29) is 17.1 Å². The third-order valence-corrected chi connectivity index (χ3v) is 3.54. The van der Waals surface area contributed by atoms with Gasteiger partial charge in [-0.3, -0.25) is 14.5 Å². The van der Waals surface area contributed by atoms with Gasteiger partial charge in [-0.25, -0.2) is 8.42 Å². The molecule has 1 amide bonds. The molecule has 0 saturated heterocycles. The Balaban J connectivity index is 2.22. The molecule has 0 aliphatic rings. The van der Waals surface area contributed by atoms with Crippen molar-refractivity contribution in [1.29, 1.82) is 0 Å². The van der Waals surface area contributed by atoms with Crippen molar-refractivity contribution in [2.75, 3.05) is 23.4 Å². The van der Waals surface area contributed by atoms with Gasteiger partial charge in [-0.15, -0.1) is 0 Å². The van der Waals surface area contributed by atoms with Crippen LogP contribution in [-0.4, -0.2) is 32.7 Å². The highest BCUT2D eigenvalue weighted by Gasteiger charge is 2.12. The van der Waals surface area contributed by atoms with Crippen LogP contribution in [0, 0.1) is 0 Å². The van der Waals surface area contributed by atoms with Gasteiger partial charge in [0.2, 0.25) is 10.0 Å². The number of amides is 1. The number of methoxy groups -OCH3 is 1. The molecule has 7 nitrogen and oxygen atoms in total. The highest BCUT2D eigenvalue weighted by Crippen LogP contribution is 2.28. The molecule has 0 fully saturated rings. The van der Waals surface area contributed by atoms with Crippen molar-refractivity contribution < 1.29 is 17.9 Å². The molecule has 0 atom stereocenters. The second-order valence-corrected chi connectivity index (χ2v) is 6.79. The normalized spacial score (nSPS) is 10.9. The Labute approximate surface area is 138 Å². The lowest BCUT2D eigenvalue weighted by Crippen LogP contribution is -2.14. The molecule has 1 aromatic heterocycles. The summed E-state index contributed by atoms with van der Waals surface area (Å²) in [5, 5.41) is 3.03. The summed E-state index contributed by atoms with van der Waals surface area (Å²) < 4.78 is 30.0. The predicted molar refractivity (Wildman–Crippen MR) is 88.7 cm³/mol. The summed E-state index contributed by atoms with van der Waals surface area (Å²) >= 11 is 5.82. The van der Waals surface area contributed by atoms with E-state index < -0.39 is 15.9 Å². The van der Waals surface area contributed by atoms with Crippen molar-refractivity contribution >= 4 is 38.9 Å². The molecule has 1 heterocycles. The number of rotatable bonds is 5. The number of nitrogens with one attached hydrogen (secondary N) is 2. The van der Waals surface area contributed by atoms with Crippen LogP contribution in [-0.2, 0) is 10.0 Å². The number of anilines is 2. The summed E-state index contributed by atoms with van der Waals surface area (Å²) in [5.74, 6) is -0.175. The second-order valence-electron chi connectivity index (χ2n) is 4.60. The van der Waals surface area contributed by atoms with Gasteiger partial charge in [0, 0.05) is 23.0 Å². The zero-order valence-electron chi connectivity index (χ0n) is 12.3. The van der Waals surface area contributed by atoms with Gasteiger partial charge in [-0.05, 0) is 24.3 Å². The summed E-state index contributed by atoms with van der Waals surface area (Å²) in [4.78, 5) is 16.0.